The van der Waals surface area contributed by atoms with Crippen LogP contribution in [0.3, 0.4) is 0 Å². The van der Waals surface area contributed by atoms with Crippen molar-refractivity contribution in [1.29, 1.82) is 0 Å². The third-order valence-corrected chi connectivity index (χ3v) is 2.81. The Morgan fingerprint density at radius 1 is 1.29 bits per heavy atom. The van der Waals surface area contributed by atoms with Crippen molar-refractivity contribution in [1.82, 2.24) is 5.32 Å². The van der Waals surface area contributed by atoms with Crippen LogP contribution in [0.5, 0.6) is 0 Å². The van der Waals surface area contributed by atoms with Gasteiger partial charge in [0.25, 0.3) is 0 Å². The van der Waals surface area contributed by atoms with Crippen LogP contribution in [-0.4, -0.2) is 29.1 Å². The molecular formula is C12H24N2O3. The Balaban J connectivity index is 4.45. The van der Waals surface area contributed by atoms with E-state index in [1.54, 1.807) is 0 Å². The predicted octanol–water partition coefficient (Wildman–Crippen LogP) is 0.410. The van der Waals surface area contributed by atoms with Gasteiger partial charge in [0.1, 0.15) is 12.1 Å². The molecule has 2 amide bonds. The van der Waals surface area contributed by atoms with Crippen molar-refractivity contribution in [3.8, 4) is 0 Å². The molecule has 0 aliphatic carbocycles. The van der Waals surface area contributed by atoms with Gasteiger partial charge in [0.05, 0.1) is 0 Å². The third kappa shape index (κ3) is 5.68. The Morgan fingerprint density at radius 2 is 1.82 bits per heavy atom. The summed E-state index contributed by atoms with van der Waals surface area (Å²) in [6.45, 7) is 7.58. The topological polar surface area (TPSA) is 92.4 Å². The second-order valence-corrected chi connectivity index (χ2v) is 4.92. The molecule has 0 heterocycles. The molecule has 0 aromatic rings. The van der Waals surface area contributed by atoms with Gasteiger partial charge in [-0.05, 0) is 18.3 Å². The van der Waals surface area contributed by atoms with Gasteiger partial charge in [-0.3, -0.25) is 9.59 Å². The van der Waals surface area contributed by atoms with Crippen LogP contribution in [0.4, 0.5) is 0 Å². The SMILES string of the molecule is CC[C@@H](C)[C@@H](NC(=O)[C@H](O)CC(C)C)C(N)=O. The Bertz CT molecular complexity index is 266. The first-order valence-electron chi connectivity index (χ1n) is 6.07. The van der Waals surface area contributed by atoms with Crippen molar-refractivity contribution in [2.75, 3.05) is 0 Å². The number of carbonyl (C=O) groups is 2. The molecule has 0 rings (SSSR count). The molecule has 0 saturated carbocycles. The Kier molecular flexibility index (Phi) is 6.80. The number of amides is 2. The lowest BCUT2D eigenvalue weighted by Gasteiger charge is -2.23. The fourth-order valence-electron chi connectivity index (χ4n) is 1.53. The maximum absolute atomic E-state index is 11.6. The van der Waals surface area contributed by atoms with Crippen LogP contribution in [0.25, 0.3) is 0 Å². The van der Waals surface area contributed by atoms with Crippen LogP contribution in [0.1, 0.15) is 40.5 Å². The number of carbonyl (C=O) groups excluding carboxylic acids is 2. The number of nitrogens with two attached hydrogens (primary N) is 1. The summed E-state index contributed by atoms with van der Waals surface area (Å²) in [6, 6.07) is -0.714. The number of nitrogens with one attached hydrogen (secondary N) is 1. The number of hydrogen-bond acceptors (Lipinski definition) is 3. The maximum atomic E-state index is 11.6. The maximum Gasteiger partial charge on any atom is 0.249 e. The first kappa shape index (κ1) is 15.9. The van der Waals surface area contributed by atoms with Crippen molar-refractivity contribution >= 4 is 11.8 Å². The quantitative estimate of drug-likeness (QED) is 0.605. The predicted molar refractivity (Wildman–Crippen MR) is 66.0 cm³/mol. The lowest BCUT2D eigenvalue weighted by atomic mass is 9.97. The molecule has 0 bridgehead atoms. The van der Waals surface area contributed by atoms with Crippen LogP contribution < -0.4 is 11.1 Å². The smallest absolute Gasteiger partial charge is 0.249 e. The van der Waals surface area contributed by atoms with Crippen molar-refractivity contribution in [2.24, 2.45) is 17.6 Å². The normalized spacial score (nSPS) is 16.4. The molecule has 0 unspecified atom stereocenters. The minimum atomic E-state index is -1.08. The summed E-state index contributed by atoms with van der Waals surface area (Å²) < 4.78 is 0. The van der Waals surface area contributed by atoms with Crippen LogP contribution >= 0.6 is 0 Å². The first-order valence-corrected chi connectivity index (χ1v) is 6.07. The molecular weight excluding hydrogens is 220 g/mol. The van der Waals surface area contributed by atoms with E-state index in [1.165, 1.54) is 0 Å². The van der Waals surface area contributed by atoms with Crippen molar-refractivity contribution in [3.63, 3.8) is 0 Å². The van der Waals surface area contributed by atoms with E-state index >= 15 is 0 Å². The van der Waals surface area contributed by atoms with Gasteiger partial charge in [0, 0.05) is 0 Å². The van der Waals surface area contributed by atoms with Gasteiger partial charge in [-0.1, -0.05) is 34.1 Å². The van der Waals surface area contributed by atoms with Crippen molar-refractivity contribution < 1.29 is 14.7 Å². The van der Waals surface area contributed by atoms with Crippen molar-refractivity contribution in [2.45, 2.75) is 52.7 Å². The van der Waals surface area contributed by atoms with Crippen LogP contribution in [0.15, 0.2) is 0 Å². The number of aliphatic hydroxyl groups is 1. The van der Waals surface area contributed by atoms with Gasteiger partial charge in [-0.25, -0.2) is 0 Å². The highest BCUT2D eigenvalue weighted by atomic mass is 16.3. The largest absolute Gasteiger partial charge is 0.383 e. The molecule has 0 aromatic carbocycles. The molecule has 5 nitrogen and oxygen atoms in total. The summed E-state index contributed by atoms with van der Waals surface area (Å²) in [5.41, 5.74) is 5.23. The molecule has 100 valence electrons. The molecule has 3 atom stereocenters. The molecule has 4 N–H and O–H groups in total. The summed E-state index contributed by atoms with van der Waals surface area (Å²) in [4.78, 5) is 22.9. The monoisotopic (exact) mass is 244 g/mol. The van der Waals surface area contributed by atoms with Gasteiger partial charge < -0.3 is 16.2 Å². The van der Waals surface area contributed by atoms with Crippen molar-refractivity contribution in [3.05, 3.63) is 0 Å². The van der Waals surface area contributed by atoms with E-state index in [0.29, 0.717) is 6.42 Å². The van der Waals surface area contributed by atoms with Gasteiger partial charge in [0.15, 0.2) is 0 Å². The number of primary amides is 1. The third-order valence-electron chi connectivity index (χ3n) is 2.81. The zero-order valence-electron chi connectivity index (χ0n) is 11.1. The number of aliphatic hydroxyl groups excluding tert-OH is 1. The fourth-order valence-corrected chi connectivity index (χ4v) is 1.53. The highest BCUT2D eigenvalue weighted by molar-refractivity contribution is 5.88. The molecule has 5 heteroatoms. The Morgan fingerprint density at radius 3 is 2.18 bits per heavy atom. The summed E-state index contributed by atoms with van der Waals surface area (Å²) in [6.07, 6.45) is 0.0207. The van der Waals surface area contributed by atoms with Gasteiger partial charge in [0.2, 0.25) is 11.8 Å². The number of rotatable bonds is 7. The van der Waals surface area contributed by atoms with Crippen LogP contribution in [0.2, 0.25) is 0 Å². The summed E-state index contributed by atoms with van der Waals surface area (Å²) in [5.74, 6) is -0.915. The zero-order chi connectivity index (χ0) is 13.6. The minimum Gasteiger partial charge on any atom is -0.383 e. The summed E-state index contributed by atoms with van der Waals surface area (Å²) >= 11 is 0. The summed E-state index contributed by atoms with van der Waals surface area (Å²) in [5, 5.41) is 12.1. The zero-order valence-corrected chi connectivity index (χ0v) is 11.1. The molecule has 0 radical (unpaired) electrons. The Hall–Kier alpha value is -1.10. The highest BCUT2D eigenvalue weighted by Gasteiger charge is 2.26. The van der Waals surface area contributed by atoms with Crippen LogP contribution in [0, 0.1) is 11.8 Å². The molecule has 0 saturated heterocycles. The van der Waals surface area contributed by atoms with Crippen LogP contribution in [-0.2, 0) is 9.59 Å². The first-order chi connectivity index (χ1) is 7.79. The van der Waals surface area contributed by atoms with Gasteiger partial charge >= 0.3 is 0 Å². The van der Waals surface area contributed by atoms with E-state index < -0.39 is 24.0 Å². The standard InChI is InChI=1S/C12H24N2O3/c1-5-8(4)10(11(13)16)14-12(17)9(15)6-7(2)3/h7-10,15H,5-6H2,1-4H3,(H2,13,16)(H,14,17)/t8-,9-,10-/m1/s1. The minimum absolute atomic E-state index is 0.0392. The lowest BCUT2D eigenvalue weighted by Crippen LogP contribution is -2.51. The molecule has 17 heavy (non-hydrogen) atoms. The van der Waals surface area contributed by atoms with E-state index in [-0.39, 0.29) is 11.8 Å². The van der Waals surface area contributed by atoms with Gasteiger partial charge in [-0.15, -0.1) is 0 Å². The number of hydrogen-bond donors (Lipinski definition) is 3. The highest BCUT2D eigenvalue weighted by Crippen LogP contribution is 2.09. The summed E-state index contributed by atoms with van der Waals surface area (Å²) in [7, 11) is 0. The van der Waals surface area contributed by atoms with E-state index in [9.17, 15) is 14.7 Å². The average molecular weight is 244 g/mol. The molecule has 0 aliphatic heterocycles. The second kappa shape index (κ2) is 7.27. The molecule has 0 spiro atoms. The second-order valence-electron chi connectivity index (χ2n) is 4.92. The fraction of sp³-hybridized carbons (Fsp3) is 0.833. The molecule has 0 aromatic heterocycles. The lowest BCUT2D eigenvalue weighted by molar-refractivity contribution is -0.134. The molecule has 0 aliphatic rings. The van der Waals surface area contributed by atoms with E-state index in [1.807, 2.05) is 27.7 Å². The van der Waals surface area contributed by atoms with E-state index in [0.717, 1.165) is 6.42 Å². The van der Waals surface area contributed by atoms with E-state index in [2.05, 4.69) is 5.32 Å². The van der Waals surface area contributed by atoms with Gasteiger partial charge in [-0.2, -0.15) is 0 Å². The molecule has 0 fully saturated rings. The average Bonchev–Trinajstić information content (AvgIpc) is 2.22. The van der Waals surface area contributed by atoms with E-state index in [4.69, 9.17) is 5.73 Å². The Labute approximate surface area is 103 Å².